The summed E-state index contributed by atoms with van der Waals surface area (Å²) >= 11 is 0. The maximum Gasteiger partial charge on any atom is 0.222 e. The van der Waals surface area contributed by atoms with Crippen LogP contribution in [0.3, 0.4) is 0 Å². The van der Waals surface area contributed by atoms with Crippen molar-refractivity contribution in [3.8, 4) is 0 Å². The monoisotopic (exact) mass is 187 g/mol. The van der Waals surface area contributed by atoms with Gasteiger partial charge in [0, 0.05) is 12.5 Å². The highest BCUT2D eigenvalue weighted by Crippen LogP contribution is 2.12. The third kappa shape index (κ3) is 4.27. The van der Waals surface area contributed by atoms with Crippen LogP contribution in [0.25, 0.3) is 0 Å². The number of carbonyl (C=O) groups excluding carboxylic acids is 1. The molecule has 0 heterocycles. The maximum absolute atomic E-state index is 11.2. The van der Waals surface area contributed by atoms with Crippen LogP contribution in [0.1, 0.15) is 40.5 Å². The number of hydrogen-bond donors (Lipinski definition) is 2. The number of carbonyl (C=O) groups is 1. The molecular weight excluding hydrogens is 166 g/mol. The van der Waals surface area contributed by atoms with E-state index in [2.05, 4.69) is 5.32 Å². The second kappa shape index (κ2) is 5.22. The van der Waals surface area contributed by atoms with E-state index in [0.717, 1.165) is 0 Å². The zero-order valence-electron chi connectivity index (χ0n) is 9.05. The molecule has 0 bridgehead atoms. The molecule has 13 heavy (non-hydrogen) atoms. The summed E-state index contributed by atoms with van der Waals surface area (Å²) in [6.45, 7) is 7.88. The van der Waals surface area contributed by atoms with Gasteiger partial charge in [0.1, 0.15) is 0 Å². The van der Waals surface area contributed by atoms with Crippen molar-refractivity contribution in [2.75, 3.05) is 6.54 Å². The van der Waals surface area contributed by atoms with Crippen LogP contribution in [0, 0.1) is 5.92 Å². The molecule has 0 radical (unpaired) electrons. The third-order valence-corrected chi connectivity index (χ3v) is 2.43. The summed E-state index contributed by atoms with van der Waals surface area (Å²) in [4.78, 5) is 11.2. The molecule has 2 N–H and O–H groups in total. The lowest BCUT2D eigenvalue weighted by molar-refractivity contribution is -0.125. The Morgan fingerprint density at radius 1 is 1.38 bits per heavy atom. The molecule has 0 aliphatic carbocycles. The fourth-order valence-corrected chi connectivity index (χ4v) is 0.956. The van der Waals surface area contributed by atoms with Crippen molar-refractivity contribution in [1.29, 1.82) is 0 Å². The predicted molar refractivity (Wildman–Crippen MR) is 53.4 cm³/mol. The molecule has 3 nitrogen and oxygen atoms in total. The van der Waals surface area contributed by atoms with Gasteiger partial charge in [-0.2, -0.15) is 0 Å². The van der Waals surface area contributed by atoms with Crippen molar-refractivity contribution in [2.24, 2.45) is 5.92 Å². The first-order chi connectivity index (χ1) is 5.95. The number of rotatable bonds is 5. The second-order valence-electron chi connectivity index (χ2n) is 3.80. The lowest BCUT2D eigenvalue weighted by atomic mass is 9.97. The molecule has 1 amide bonds. The van der Waals surface area contributed by atoms with Crippen molar-refractivity contribution in [2.45, 2.75) is 46.1 Å². The minimum absolute atomic E-state index is 0.000301. The van der Waals surface area contributed by atoms with E-state index in [1.807, 2.05) is 27.7 Å². The normalized spacial score (nSPS) is 11.8. The number of nitrogens with one attached hydrogen (secondary N) is 1. The van der Waals surface area contributed by atoms with Gasteiger partial charge in [0.05, 0.1) is 5.60 Å². The van der Waals surface area contributed by atoms with E-state index in [9.17, 15) is 9.90 Å². The van der Waals surface area contributed by atoms with Gasteiger partial charge >= 0.3 is 0 Å². The first-order valence-electron chi connectivity index (χ1n) is 4.95. The number of hydrogen-bond acceptors (Lipinski definition) is 2. The van der Waals surface area contributed by atoms with Gasteiger partial charge in [0.25, 0.3) is 0 Å². The van der Waals surface area contributed by atoms with E-state index < -0.39 is 5.60 Å². The Hall–Kier alpha value is -0.570. The van der Waals surface area contributed by atoms with Crippen LogP contribution in [0.15, 0.2) is 0 Å². The maximum atomic E-state index is 11.2. The van der Waals surface area contributed by atoms with Crippen LogP contribution in [0.2, 0.25) is 0 Å². The minimum atomic E-state index is -0.732. The highest BCUT2D eigenvalue weighted by Gasteiger charge is 2.22. The topological polar surface area (TPSA) is 49.3 Å². The lowest BCUT2D eigenvalue weighted by Gasteiger charge is -2.25. The largest absolute Gasteiger partial charge is 0.388 e. The standard InChI is InChI=1S/C10H21NO2/c1-5-10(13,6-2)7-11-9(12)8(3)4/h8,13H,5-7H2,1-4H3,(H,11,12). The fraction of sp³-hybridized carbons (Fsp3) is 0.900. The third-order valence-electron chi connectivity index (χ3n) is 2.43. The highest BCUT2D eigenvalue weighted by molar-refractivity contribution is 5.77. The molecule has 0 rings (SSSR count). The fourth-order valence-electron chi connectivity index (χ4n) is 0.956. The molecule has 0 spiro atoms. The van der Waals surface area contributed by atoms with Gasteiger partial charge in [0.2, 0.25) is 5.91 Å². The number of aliphatic hydroxyl groups is 1. The summed E-state index contributed by atoms with van der Waals surface area (Å²) in [7, 11) is 0. The van der Waals surface area contributed by atoms with Crippen molar-refractivity contribution >= 4 is 5.91 Å². The van der Waals surface area contributed by atoms with Gasteiger partial charge in [0.15, 0.2) is 0 Å². The zero-order chi connectivity index (χ0) is 10.5. The highest BCUT2D eigenvalue weighted by atomic mass is 16.3. The molecular formula is C10H21NO2. The van der Waals surface area contributed by atoms with Crippen LogP contribution in [-0.4, -0.2) is 23.2 Å². The average molecular weight is 187 g/mol. The Morgan fingerprint density at radius 3 is 2.15 bits per heavy atom. The Morgan fingerprint density at radius 2 is 1.85 bits per heavy atom. The van der Waals surface area contributed by atoms with Gasteiger partial charge in [-0.1, -0.05) is 27.7 Å². The van der Waals surface area contributed by atoms with Crippen LogP contribution >= 0.6 is 0 Å². The van der Waals surface area contributed by atoms with Crippen molar-refractivity contribution in [3.05, 3.63) is 0 Å². The second-order valence-corrected chi connectivity index (χ2v) is 3.80. The molecule has 0 atom stereocenters. The molecule has 0 aromatic carbocycles. The van der Waals surface area contributed by atoms with Gasteiger partial charge in [-0.25, -0.2) is 0 Å². The number of amides is 1. The SMILES string of the molecule is CCC(O)(CC)CNC(=O)C(C)C. The van der Waals surface area contributed by atoms with E-state index >= 15 is 0 Å². The summed E-state index contributed by atoms with van der Waals surface area (Å²) in [5.74, 6) is -0.0155. The van der Waals surface area contributed by atoms with Crippen LogP contribution in [-0.2, 0) is 4.79 Å². The molecule has 3 heteroatoms. The summed E-state index contributed by atoms with van der Waals surface area (Å²) < 4.78 is 0. The van der Waals surface area contributed by atoms with Crippen LogP contribution in [0.4, 0.5) is 0 Å². The van der Waals surface area contributed by atoms with Crippen molar-refractivity contribution in [1.82, 2.24) is 5.32 Å². The molecule has 78 valence electrons. The first-order valence-corrected chi connectivity index (χ1v) is 4.95. The van der Waals surface area contributed by atoms with Gasteiger partial charge in [-0.05, 0) is 12.8 Å². The van der Waals surface area contributed by atoms with Crippen LogP contribution in [0.5, 0.6) is 0 Å². The smallest absolute Gasteiger partial charge is 0.222 e. The Balaban J connectivity index is 3.92. The Kier molecular flexibility index (Phi) is 4.99. The zero-order valence-corrected chi connectivity index (χ0v) is 9.05. The molecule has 0 fully saturated rings. The van der Waals surface area contributed by atoms with E-state index in [4.69, 9.17) is 0 Å². The summed E-state index contributed by atoms with van der Waals surface area (Å²) in [5.41, 5.74) is -0.732. The van der Waals surface area contributed by atoms with Crippen molar-refractivity contribution < 1.29 is 9.90 Å². The molecule has 0 saturated heterocycles. The van der Waals surface area contributed by atoms with Gasteiger partial charge < -0.3 is 10.4 Å². The molecule has 0 saturated carbocycles. The van der Waals surface area contributed by atoms with Gasteiger partial charge in [-0.15, -0.1) is 0 Å². The quantitative estimate of drug-likeness (QED) is 0.681. The molecule has 0 aromatic rings. The van der Waals surface area contributed by atoms with Gasteiger partial charge in [-0.3, -0.25) is 4.79 Å². The van der Waals surface area contributed by atoms with E-state index in [1.165, 1.54) is 0 Å². The molecule has 0 aliphatic heterocycles. The predicted octanol–water partition coefficient (Wildman–Crippen LogP) is 1.31. The van der Waals surface area contributed by atoms with E-state index in [0.29, 0.717) is 19.4 Å². The molecule has 0 unspecified atom stereocenters. The lowest BCUT2D eigenvalue weighted by Crippen LogP contribution is -2.43. The summed E-state index contributed by atoms with van der Waals surface area (Å²) in [6.07, 6.45) is 1.34. The Bertz CT molecular complexity index is 162. The summed E-state index contributed by atoms with van der Waals surface area (Å²) in [6, 6.07) is 0. The average Bonchev–Trinajstić information content (AvgIpc) is 2.13. The molecule has 0 aromatic heterocycles. The first kappa shape index (κ1) is 12.4. The van der Waals surface area contributed by atoms with E-state index in [-0.39, 0.29) is 11.8 Å². The van der Waals surface area contributed by atoms with Crippen LogP contribution < -0.4 is 5.32 Å². The Labute approximate surface area is 80.5 Å². The minimum Gasteiger partial charge on any atom is -0.388 e. The van der Waals surface area contributed by atoms with E-state index in [1.54, 1.807) is 0 Å². The van der Waals surface area contributed by atoms with Crippen molar-refractivity contribution in [3.63, 3.8) is 0 Å². The molecule has 0 aliphatic rings. The summed E-state index contributed by atoms with van der Waals surface area (Å²) in [5, 5.41) is 12.6.